The van der Waals surface area contributed by atoms with Crippen LogP contribution in [0.2, 0.25) is 10.0 Å². The van der Waals surface area contributed by atoms with Gasteiger partial charge in [-0.1, -0.05) is 52.6 Å². The van der Waals surface area contributed by atoms with Crippen molar-refractivity contribution < 1.29 is 8.91 Å². The number of halogens is 3. The zero-order valence-corrected chi connectivity index (χ0v) is 12.1. The Morgan fingerprint density at radius 2 is 1.86 bits per heavy atom. The van der Waals surface area contributed by atoms with E-state index in [4.69, 9.17) is 33.5 Å². The van der Waals surface area contributed by atoms with Gasteiger partial charge in [-0.25, -0.2) is 4.39 Å². The molecule has 6 heteroatoms. The summed E-state index contributed by atoms with van der Waals surface area (Å²) < 4.78 is 18.7. The molecular weight excluding hydrogens is 314 g/mol. The molecule has 3 aromatic rings. The van der Waals surface area contributed by atoms with Crippen LogP contribution in [-0.2, 0) is 0 Å². The summed E-state index contributed by atoms with van der Waals surface area (Å²) in [5, 5.41) is 4.41. The summed E-state index contributed by atoms with van der Waals surface area (Å²) >= 11 is 12.0. The van der Waals surface area contributed by atoms with Crippen LogP contribution in [0.3, 0.4) is 0 Å². The molecule has 3 nitrogen and oxygen atoms in total. The maximum absolute atomic E-state index is 13.6. The van der Waals surface area contributed by atoms with Crippen molar-refractivity contribution in [2.24, 2.45) is 0 Å². The highest BCUT2D eigenvalue weighted by Gasteiger charge is 2.20. The molecule has 2 N–H and O–H groups in total. The second kappa shape index (κ2) is 5.39. The van der Waals surface area contributed by atoms with E-state index >= 15 is 0 Å². The van der Waals surface area contributed by atoms with Crippen LogP contribution in [0.15, 0.2) is 47.0 Å². The Bertz CT molecular complexity index is 817. The lowest BCUT2D eigenvalue weighted by molar-refractivity contribution is 0.439. The van der Waals surface area contributed by atoms with Crippen LogP contribution >= 0.6 is 23.2 Å². The van der Waals surface area contributed by atoms with Crippen LogP contribution in [-0.4, -0.2) is 5.16 Å². The average Bonchev–Trinajstić information content (AvgIpc) is 2.83. The standard InChI is InChI=1S/C15H9Cl2FN2O/c16-9-4-1-3-8(7-9)12-14(20-21-15(12)19)10-5-2-6-11(18)13(10)17/h1-7H,19H2. The Balaban J connectivity index is 2.24. The lowest BCUT2D eigenvalue weighted by Gasteiger charge is -2.05. The minimum absolute atomic E-state index is 0.0333. The predicted molar refractivity (Wildman–Crippen MR) is 81.8 cm³/mol. The van der Waals surface area contributed by atoms with Crippen LogP contribution in [0.5, 0.6) is 0 Å². The zero-order chi connectivity index (χ0) is 15.0. The Kier molecular flexibility index (Phi) is 3.57. The van der Waals surface area contributed by atoms with Gasteiger partial charge in [-0.2, -0.15) is 0 Å². The van der Waals surface area contributed by atoms with Crippen molar-refractivity contribution in [2.45, 2.75) is 0 Å². The van der Waals surface area contributed by atoms with Gasteiger partial charge < -0.3 is 10.3 Å². The van der Waals surface area contributed by atoms with Crippen LogP contribution in [0.4, 0.5) is 10.3 Å². The van der Waals surface area contributed by atoms with Gasteiger partial charge in [0.15, 0.2) is 0 Å². The smallest absolute Gasteiger partial charge is 0.230 e. The molecule has 0 unspecified atom stereocenters. The highest BCUT2D eigenvalue weighted by Crippen LogP contribution is 2.40. The Morgan fingerprint density at radius 3 is 2.62 bits per heavy atom. The summed E-state index contributed by atoms with van der Waals surface area (Å²) in [5.74, 6) is -0.416. The van der Waals surface area contributed by atoms with Crippen LogP contribution in [0.25, 0.3) is 22.4 Å². The minimum Gasteiger partial charge on any atom is -0.367 e. The predicted octanol–water partition coefficient (Wildman–Crippen LogP) is 5.04. The van der Waals surface area contributed by atoms with Gasteiger partial charge in [-0.3, -0.25) is 0 Å². The van der Waals surface area contributed by atoms with E-state index in [1.807, 2.05) is 6.07 Å². The van der Waals surface area contributed by atoms with E-state index in [9.17, 15) is 4.39 Å². The zero-order valence-electron chi connectivity index (χ0n) is 10.6. The van der Waals surface area contributed by atoms with Gasteiger partial charge in [0.1, 0.15) is 11.5 Å². The molecule has 2 aromatic carbocycles. The Labute approximate surface area is 130 Å². The van der Waals surface area contributed by atoms with Gasteiger partial charge in [-0.05, 0) is 23.8 Å². The number of hydrogen-bond donors (Lipinski definition) is 1. The third-order valence-corrected chi connectivity index (χ3v) is 3.66. The lowest BCUT2D eigenvalue weighted by Crippen LogP contribution is -1.89. The Morgan fingerprint density at radius 1 is 1.10 bits per heavy atom. The number of benzene rings is 2. The number of anilines is 1. The first-order valence-corrected chi connectivity index (χ1v) is 6.79. The fourth-order valence-corrected chi connectivity index (χ4v) is 2.50. The van der Waals surface area contributed by atoms with Gasteiger partial charge in [-0.15, -0.1) is 0 Å². The summed E-state index contributed by atoms with van der Waals surface area (Å²) in [4.78, 5) is 0. The number of rotatable bonds is 2. The summed E-state index contributed by atoms with van der Waals surface area (Å²) in [6.07, 6.45) is 0. The molecule has 0 fully saturated rings. The number of nitrogens with zero attached hydrogens (tertiary/aromatic N) is 1. The van der Waals surface area contributed by atoms with Crippen molar-refractivity contribution in [3.05, 3.63) is 58.3 Å². The molecule has 21 heavy (non-hydrogen) atoms. The lowest BCUT2D eigenvalue weighted by atomic mass is 10.0. The van der Waals surface area contributed by atoms with E-state index in [2.05, 4.69) is 5.16 Å². The molecule has 3 rings (SSSR count). The fourth-order valence-electron chi connectivity index (χ4n) is 2.10. The second-order valence-corrected chi connectivity index (χ2v) is 5.20. The van der Waals surface area contributed by atoms with Gasteiger partial charge in [0, 0.05) is 10.6 Å². The number of aromatic nitrogens is 1. The van der Waals surface area contributed by atoms with Crippen LogP contribution < -0.4 is 5.73 Å². The van der Waals surface area contributed by atoms with E-state index in [-0.39, 0.29) is 10.9 Å². The SMILES string of the molecule is Nc1onc(-c2cccc(F)c2Cl)c1-c1cccc(Cl)c1. The quantitative estimate of drug-likeness (QED) is 0.719. The third-order valence-electron chi connectivity index (χ3n) is 3.04. The molecule has 1 aromatic heterocycles. The van der Waals surface area contributed by atoms with Crippen molar-refractivity contribution in [3.8, 4) is 22.4 Å². The summed E-state index contributed by atoms with van der Waals surface area (Å²) in [5.41, 5.74) is 7.87. The maximum atomic E-state index is 13.6. The molecule has 0 saturated heterocycles. The van der Waals surface area contributed by atoms with Gasteiger partial charge in [0.05, 0.1) is 10.6 Å². The van der Waals surface area contributed by atoms with Crippen molar-refractivity contribution in [1.82, 2.24) is 5.16 Å². The second-order valence-electron chi connectivity index (χ2n) is 4.38. The fraction of sp³-hybridized carbons (Fsp3) is 0. The van der Waals surface area contributed by atoms with Crippen molar-refractivity contribution >= 4 is 29.1 Å². The van der Waals surface area contributed by atoms with Crippen molar-refractivity contribution in [3.63, 3.8) is 0 Å². The number of nitrogens with two attached hydrogens (primary N) is 1. The largest absolute Gasteiger partial charge is 0.367 e. The normalized spacial score (nSPS) is 10.8. The van der Waals surface area contributed by atoms with E-state index in [0.29, 0.717) is 21.8 Å². The van der Waals surface area contributed by atoms with Crippen LogP contribution in [0, 0.1) is 5.82 Å². The minimum atomic E-state index is -0.534. The Hall–Kier alpha value is -2.04. The summed E-state index contributed by atoms with van der Waals surface area (Å²) in [6, 6.07) is 11.5. The molecule has 0 aliphatic heterocycles. The van der Waals surface area contributed by atoms with Crippen molar-refractivity contribution in [1.29, 1.82) is 0 Å². The molecule has 0 aliphatic carbocycles. The molecule has 0 bridgehead atoms. The van der Waals surface area contributed by atoms with E-state index in [0.717, 1.165) is 5.56 Å². The highest BCUT2D eigenvalue weighted by atomic mass is 35.5. The molecular formula is C15H9Cl2FN2O. The first kappa shape index (κ1) is 13.9. The molecule has 106 valence electrons. The van der Waals surface area contributed by atoms with Gasteiger partial charge in [0.2, 0.25) is 5.88 Å². The molecule has 1 heterocycles. The molecule has 0 saturated carbocycles. The summed E-state index contributed by atoms with van der Waals surface area (Å²) in [7, 11) is 0. The number of nitrogen functional groups attached to an aromatic ring is 1. The molecule has 0 radical (unpaired) electrons. The van der Waals surface area contributed by atoms with Gasteiger partial charge in [0.25, 0.3) is 0 Å². The first-order chi connectivity index (χ1) is 10.1. The topological polar surface area (TPSA) is 52.0 Å². The highest BCUT2D eigenvalue weighted by molar-refractivity contribution is 6.33. The molecule has 0 amide bonds. The maximum Gasteiger partial charge on any atom is 0.230 e. The third kappa shape index (κ3) is 2.48. The molecule has 0 aliphatic rings. The monoisotopic (exact) mass is 322 g/mol. The van der Waals surface area contributed by atoms with E-state index in [1.165, 1.54) is 6.07 Å². The first-order valence-electron chi connectivity index (χ1n) is 6.03. The molecule has 0 atom stereocenters. The van der Waals surface area contributed by atoms with Gasteiger partial charge >= 0.3 is 0 Å². The van der Waals surface area contributed by atoms with E-state index < -0.39 is 5.82 Å². The van der Waals surface area contributed by atoms with E-state index in [1.54, 1.807) is 30.3 Å². The summed E-state index contributed by atoms with van der Waals surface area (Å²) in [6.45, 7) is 0. The molecule has 0 spiro atoms. The van der Waals surface area contributed by atoms with Crippen LogP contribution in [0.1, 0.15) is 0 Å². The number of hydrogen-bond acceptors (Lipinski definition) is 3. The van der Waals surface area contributed by atoms with Crippen molar-refractivity contribution in [2.75, 3.05) is 5.73 Å². The average molecular weight is 323 g/mol.